The molecule has 3 aromatic rings. The summed E-state index contributed by atoms with van der Waals surface area (Å²) >= 11 is 7.61. The molecular weight excluding hydrogens is 464 g/mol. The van der Waals surface area contributed by atoms with Crippen molar-refractivity contribution in [2.75, 3.05) is 5.75 Å². The molecule has 5 rings (SSSR count). The minimum absolute atomic E-state index is 0.0593. The van der Waals surface area contributed by atoms with Crippen LogP contribution < -0.4 is 5.32 Å². The maximum absolute atomic E-state index is 12.9. The van der Waals surface area contributed by atoms with E-state index < -0.39 is 0 Å². The van der Waals surface area contributed by atoms with Gasteiger partial charge in [0.1, 0.15) is 5.37 Å². The average Bonchev–Trinajstić information content (AvgIpc) is 3.46. The lowest BCUT2D eigenvalue weighted by Gasteiger charge is -2.24. The number of carbonyl (C=O) groups excluding carboxylic acids is 2. The van der Waals surface area contributed by atoms with Crippen molar-refractivity contribution in [2.45, 2.75) is 44.1 Å². The van der Waals surface area contributed by atoms with Crippen LogP contribution in [-0.4, -0.2) is 22.5 Å². The quantitative estimate of drug-likeness (QED) is 0.454. The molecule has 4 nitrogen and oxygen atoms in total. The Hall–Kier alpha value is -2.76. The summed E-state index contributed by atoms with van der Waals surface area (Å²) in [5.41, 5.74) is 6.68. The van der Waals surface area contributed by atoms with Crippen LogP contribution in [0.25, 0.3) is 0 Å². The molecule has 0 saturated carbocycles. The highest BCUT2D eigenvalue weighted by molar-refractivity contribution is 8.00. The number of hydrogen-bond donors (Lipinski definition) is 1. The molecule has 3 aromatic carbocycles. The number of rotatable bonds is 6. The molecule has 1 aliphatic carbocycles. The maximum atomic E-state index is 12.9. The number of carbonyl (C=O) groups is 2. The van der Waals surface area contributed by atoms with E-state index in [2.05, 4.69) is 23.5 Å². The number of hydrogen-bond acceptors (Lipinski definition) is 3. The van der Waals surface area contributed by atoms with Crippen LogP contribution in [0.4, 0.5) is 0 Å². The highest BCUT2D eigenvalue weighted by Gasteiger charge is 2.32. The molecule has 0 aromatic heterocycles. The van der Waals surface area contributed by atoms with Gasteiger partial charge in [-0.05, 0) is 78.3 Å². The maximum Gasteiger partial charge on any atom is 0.251 e. The van der Waals surface area contributed by atoms with E-state index >= 15 is 0 Å². The first-order valence-corrected chi connectivity index (χ1v) is 13.1. The predicted octanol–water partition coefficient (Wildman–Crippen LogP) is 6.09. The van der Waals surface area contributed by atoms with Crippen LogP contribution in [-0.2, 0) is 24.2 Å². The molecule has 0 unspecified atom stereocenters. The summed E-state index contributed by atoms with van der Waals surface area (Å²) in [5, 5.41) is 3.74. The number of thioether (sulfide) groups is 1. The number of halogens is 1. The van der Waals surface area contributed by atoms with Gasteiger partial charge in [0.05, 0.1) is 11.8 Å². The molecule has 2 atom stereocenters. The number of fused-ring (bicyclic) bond motifs is 1. The smallest absolute Gasteiger partial charge is 0.251 e. The van der Waals surface area contributed by atoms with Gasteiger partial charge < -0.3 is 10.2 Å². The standard InChI is InChI=1S/C28H27ClN2O2S/c1-18(23-12-7-20-3-2-4-24(20)15-23)30-27(33)21-8-10-22(11-9-21)28-31(26(32)17-34-28)16-19-5-13-25(29)14-6-19/h5-15,18,28H,2-4,16-17H2,1H3,(H,30,33)/t18-,28-/m1/s1. The van der Waals surface area contributed by atoms with E-state index in [0.717, 1.165) is 29.5 Å². The summed E-state index contributed by atoms with van der Waals surface area (Å²) in [7, 11) is 0. The SMILES string of the molecule is C[C@@H](NC(=O)c1ccc([C@H]2SCC(=O)N2Cc2ccc(Cl)cc2)cc1)c1ccc2c(c1)CCC2. The molecule has 0 bridgehead atoms. The van der Waals surface area contributed by atoms with E-state index in [1.165, 1.54) is 17.5 Å². The summed E-state index contributed by atoms with van der Waals surface area (Å²) < 4.78 is 0. The summed E-state index contributed by atoms with van der Waals surface area (Å²) in [6.07, 6.45) is 3.50. The molecular formula is C28H27ClN2O2S. The van der Waals surface area contributed by atoms with Crippen molar-refractivity contribution in [3.8, 4) is 0 Å². The van der Waals surface area contributed by atoms with Gasteiger partial charge in [0.15, 0.2) is 0 Å². The second kappa shape index (κ2) is 9.85. The minimum atomic E-state index is -0.0901. The Bertz CT molecular complexity index is 1210. The van der Waals surface area contributed by atoms with Crippen molar-refractivity contribution in [3.05, 3.63) is 105 Å². The topological polar surface area (TPSA) is 49.4 Å². The highest BCUT2D eigenvalue weighted by atomic mass is 35.5. The third-order valence-electron chi connectivity index (χ3n) is 6.66. The molecule has 0 spiro atoms. The van der Waals surface area contributed by atoms with Crippen molar-refractivity contribution in [3.63, 3.8) is 0 Å². The Morgan fingerprint density at radius 1 is 1.06 bits per heavy atom. The second-order valence-corrected chi connectivity index (χ2v) is 10.5. The molecule has 1 heterocycles. The number of nitrogens with zero attached hydrogens (tertiary/aromatic N) is 1. The van der Waals surface area contributed by atoms with E-state index in [0.29, 0.717) is 22.9 Å². The van der Waals surface area contributed by atoms with Crippen LogP contribution in [0.2, 0.25) is 5.02 Å². The molecule has 2 aliphatic rings. The summed E-state index contributed by atoms with van der Waals surface area (Å²) in [4.78, 5) is 27.3. The van der Waals surface area contributed by atoms with E-state index in [4.69, 9.17) is 11.6 Å². The van der Waals surface area contributed by atoms with E-state index in [-0.39, 0.29) is 23.2 Å². The predicted molar refractivity (Wildman–Crippen MR) is 138 cm³/mol. The van der Waals surface area contributed by atoms with Crippen molar-refractivity contribution >= 4 is 35.2 Å². The van der Waals surface area contributed by atoms with Crippen LogP contribution in [0.15, 0.2) is 66.7 Å². The normalized spacial score (nSPS) is 18.1. The molecule has 0 radical (unpaired) electrons. The molecule has 2 amide bonds. The number of nitrogens with one attached hydrogen (secondary N) is 1. The summed E-state index contributed by atoms with van der Waals surface area (Å²) in [6, 6.07) is 21.7. The zero-order valence-electron chi connectivity index (χ0n) is 19.1. The van der Waals surface area contributed by atoms with Gasteiger partial charge in [0.25, 0.3) is 5.91 Å². The van der Waals surface area contributed by atoms with Gasteiger partial charge in [-0.3, -0.25) is 9.59 Å². The Balaban J connectivity index is 1.25. The fraction of sp³-hybridized carbons (Fsp3) is 0.286. The molecule has 6 heteroatoms. The van der Waals surface area contributed by atoms with Gasteiger partial charge in [-0.25, -0.2) is 0 Å². The van der Waals surface area contributed by atoms with Crippen molar-refractivity contribution < 1.29 is 9.59 Å². The molecule has 1 N–H and O–H groups in total. The van der Waals surface area contributed by atoms with Gasteiger partial charge >= 0.3 is 0 Å². The summed E-state index contributed by atoms with van der Waals surface area (Å²) in [6.45, 7) is 2.56. The number of amides is 2. The zero-order valence-corrected chi connectivity index (χ0v) is 20.7. The van der Waals surface area contributed by atoms with Gasteiger partial charge in [-0.1, -0.05) is 54.1 Å². The fourth-order valence-electron chi connectivity index (χ4n) is 4.71. The van der Waals surface area contributed by atoms with Gasteiger partial charge in [-0.15, -0.1) is 11.8 Å². The lowest BCUT2D eigenvalue weighted by atomic mass is 10.0. The Kier molecular flexibility index (Phi) is 6.66. The first-order chi connectivity index (χ1) is 16.5. The Morgan fingerprint density at radius 3 is 2.56 bits per heavy atom. The van der Waals surface area contributed by atoms with E-state index in [9.17, 15) is 9.59 Å². The first kappa shape index (κ1) is 23.0. The van der Waals surface area contributed by atoms with Crippen molar-refractivity contribution in [1.82, 2.24) is 10.2 Å². The van der Waals surface area contributed by atoms with Crippen LogP contribution in [0, 0.1) is 0 Å². The fourth-order valence-corrected chi connectivity index (χ4v) is 6.03. The third-order valence-corrected chi connectivity index (χ3v) is 8.17. The van der Waals surface area contributed by atoms with Crippen molar-refractivity contribution in [1.29, 1.82) is 0 Å². The number of benzene rings is 3. The van der Waals surface area contributed by atoms with E-state index in [1.807, 2.05) is 60.4 Å². The molecule has 174 valence electrons. The largest absolute Gasteiger partial charge is 0.346 e. The van der Waals surface area contributed by atoms with Gasteiger partial charge in [0, 0.05) is 17.1 Å². The molecule has 1 saturated heterocycles. The van der Waals surface area contributed by atoms with Crippen LogP contribution >= 0.6 is 23.4 Å². The molecule has 34 heavy (non-hydrogen) atoms. The lowest BCUT2D eigenvalue weighted by Crippen LogP contribution is -2.28. The van der Waals surface area contributed by atoms with Gasteiger partial charge in [-0.2, -0.15) is 0 Å². The Labute approximate surface area is 209 Å². The van der Waals surface area contributed by atoms with Crippen LogP contribution in [0.1, 0.15) is 62.9 Å². The molecule has 1 fully saturated rings. The zero-order chi connectivity index (χ0) is 23.7. The van der Waals surface area contributed by atoms with Crippen LogP contribution in [0.5, 0.6) is 0 Å². The van der Waals surface area contributed by atoms with Gasteiger partial charge in [0.2, 0.25) is 5.91 Å². The highest BCUT2D eigenvalue weighted by Crippen LogP contribution is 2.39. The summed E-state index contributed by atoms with van der Waals surface area (Å²) in [5.74, 6) is 0.487. The van der Waals surface area contributed by atoms with Crippen LogP contribution in [0.3, 0.4) is 0 Å². The van der Waals surface area contributed by atoms with E-state index in [1.54, 1.807) is 11.8 Å². The van der Waals surface area contributed by atoms with Crippen molar-refractivity contribution in [2.24, 2.45) is 0 Å². The monoisotopic (exact) mass is 490 g/mol. The Morgan fingerprint density at radius 2 is 1.79 bits per heavy atom. The first-order valence-electron chi connectivity index (χ1n) is 11.7. The second-order valence-electron chi connectivity index (χ2n) is 9.01. The minimum Gasteiger partial charge on any atom is -0.346 e. The molecule has 1 aliphatic heterocycles. The number of aryl methyl sites for hydroxylation is 2. The third kappa shape index (κ3) is 4.86. The lowest BCUT2D eigenvalue weighted by molar-refractivity contribution is -0.128. The average molecular weight is 491 g/mol.